The van der Waals surface area contributed by atoms with Gasteiger partial charge >= 0.3 is 0 Å². The van der Waals surface area contributed by atoms with Crippen LogP contribution < -0.4 is 10.1 Å². The topological polar surface area (TPSA) is 71.5 Å². The monoisotopic (exact) mass is 435 g/mol. The Hall–Kier alpha value is -2.89. The molecule has 1 atom stereocenters. The second-order valence-electron chi connectivity index (χ2n) is 9.08. The first-order chi connectivity index (χ1) is 15.6. The van der Waals surface area contributed by atoms with Crippen LogP contribution in [0.1, 0.15) is 49.8 Å². The summed E-state index contributed by atoms with van der Waals surface area (Å²) in [5.74, 6) is 0.907. The molecule has 2 aliphatic rings. The molecular weight excluding hydrogens is 402 g/mol. The zero-order chi connectivity index (χ0) is 22.4. The minimum atomic E-state index is -0.147. The molecule has 0 radical (unpaired) electrons. The fourth-order valence-corrected chi connectivity index (χ4v) is 5.10. The first-order valence-electron chi connectivity index (χ1n) is 11.7. The van der Waals surface area contributed by atoms with Gasteiger partial charge in [-0.15, -0.1) is 0 Å². The normalized spacial score (nSPS) is 20.2. The van der Waals surface area contributed by atoms with E-state index in [0.29, 0.717) is 38.9 Å². The molecule has 0 unspecified atom stereocenters. The average molecular weight is 436 g/mol. The summed E-state index contributed by atoms with van der Waals surface area (Å²) in [4.78, 5) is 31.6. The highest BCUT2D eigenvalue weighted by Crippen LogP contribution is 2.41. The fraction of sp³-hybridized carbons (Fsp3) is 0.500. The number of benzene rings is 1. The number of carbonyl (C=O) groups excluding carboxylic acids is 2. The molecule has 32 heavy (non-hydrogen) atoms. The number of methoxy groups -OCH3 is 1. The van der Waals surface area contributed by atoms with Crippen molar-refractivity contribution in [3.05, 3.63) is 59.9 Å². The van der Waals surface area contributed by atoms with E-state index in [0.717, 1.165) is 24.3 Å². The lowest BCUT2D eigenvalue weighted by atomic mass is 9.78. The summed E-state index contributed by atoms with van der Waals surface area (Å²) in [7, 11) is 1.68. The lowest BCUT2D eigenvalue weighted by Gasteiger charge is -2.34. The van der Waals surface area contributed by atoms with E-state index in [2.05, 4.69) is 22.4 Å². The number of ether oxygens (including phenoxy) is 1. The average Bonchev–Trinajstić information content (AvgIpc) is 3.33. The standard InChI is InChI=1S/C26H33N3O3/c1-32-23-10-8-21(9-11-23)26(14-3-4-15-26)19-28-25(31)20-7-12-24(30)29(18-20)17-13-22-6-2-5-16-27-22/h2,5-6,8-11,16,20H,3-4,7,12-15,17-19H2,1H3,(H,28,31)/t20-/m1/s1. The van der Waals surface area contributed by atoms with E-state index in [9.17, 15) is 9.59 Å². The van der Waals surface area contributed by atoms with E-state index in [-0.39, 0.29) is 23.1 Å². The quantitative estimate of drug-likeness (QED) is 0.689. The van der Waals surface area contributed by atoms with Gasteiger partial charge in [0, 0.05) is 49.8 Å². The highest BCUT2D eigenvalue weighted by atomic mass is 16.5. The van der Waals surface area contributed by atoms with Gasteiger partial charge in [-0.25, -0.2) is 0 Å². The highest BCUT2D eigenvalue weighted by Gasteiger charge is 2.37. The zero-order valence-electron chi connectivity index (χ0n) is 18.9. The van der Waals surface area contributed by atoms with Crippen LogP contribution in [0.4, 0.5) is 0 Å². The van der Waals surface area contributed by atoms with Crippen molar-refractivity contribution in [3.63, 3.8) is 0 Å². The van der Waals surface area contributed by atoms with E-state index in [4.69, 9.17) is 4.74 Å². The molecule has 0 bridgehead atoms. The van der Waals surface area contributed by atoms with Gasteiger partial charge in [0.1, 0.15) is 5.75 Å². The van der Waals surface area contributed by atoms with Gasteiger partial charge in [-0.05, 0) is 49.1 Å². The molecule has 2 fully saturated rings. The minimum absolute atomic E-state index is 0.00885. The van der Waals surface area contributed by atoms with Crippen molar-refractivity contribution in [3.8, 4) is 5.75 Å². The largest absolute Gasteiger partial charge is 0.497 e. The predicted molar refractivity (Wildman–Crippen MR) is 123 cm³/mol. The van der Waals surface area contributed by atoms with Crippen molar-refractivity contribution in [1.29, 1.82) is 0 Å². The SMILES string of the molecule is COc1ccc(C2(CNC(=O)[C@@H]3CCC(=O)N(CCc4ccccn4)C3)CCCC2)cc1. The summed E-state index contributed by atoms with van der Waals surface area (Å²) in [6.45, 7) is 1.75. The number of likely N-dealkylation sites (tertiary alicyclic amines) is 1. The summed E-state index contributed by atoms with van der Waals surface area (Å²) in [6.07, 6.45) is 8.07. The summed E-state index contributed by atoms with van der Waals surface area (Å²) >= 11 is 0. The molecule has 1 N–H and O–H groups in total. The van der Waals surface area contributed by atoms with Gasteiger partial charge in [0.2, 0.25) is 11.8 Å². The third-order valence-corrected chi connectivity index (χ3v) is 7.10. The number of hydrogen-bond donors (Lipinski definition) is 1. The van der Waals surface area contributed by atoms with Gasteiger partial charge in [0.15, 0.2) is 0 Å². The molecule has 1 aliphatic heterocycles. The summed E-state index contributed by atoms with van der Waals surface area (Å²) in [6, 6.07) is 14.1. The Labute approximate surface area is 190 Å². The van der Waals surface area contributed by atoms with Crippen molar-refractivity contribution in [2.24, 2.45) is 5.92 Å². The molecule has 1 saturated carbocycles. The van der Waals surface area contributed by atoms with Gasteiger partial charge in [0.25, 0.3) is 0 Å². The van der Waals surface area contributed by atoms with Crippen molar-refractivity contribution in [2.45, 2.75) is 50.4 Å². The van der Waals surface area contributed by atoms with Crippen molar-refractivity contribution in [2.75, 3.05) is 26.7 Å². The third kappa shape index (κ3) is 5.12. The lowest BCUT2D eigenvalue weighted by Crippen LogP contribution is -2.48. The number of hydrogen-bond acceptors (Lipinski definition) is 4. The summed E-state index contributed by atoms with van der Waals surface area (Å²) in [5, 5.41) is 3.25. The Morgan fingerprint density at radius 2 is 1.97 bits per heavy atom. The van der Waals surface area contributed by atoms with Crippen LogP contribution in [-0.2, 0) is 21.4 Å². The Bertz CT molecular complexity index is 908. The number of aromatic nitrogens is 1. The molecule has 6 nitrogen and oxygen atoms in total. The Morgan fingerprint density at radius 3 is 2.66 bits per heavy atom. The Balaban J connectivity index is 1.35. The maximum atomic E-state index is 13.1. The lowest BCUT2D eigenvalue weighted by molar-refractivity contribution is -0.138. The van der Waals surface area contributed by atoms with Gasteiger partial charge in [-0.3, -0.25) is 14.6 Å². The molecule has 2 aromatic rings. The summed E-state index contributed by atoms with van der Waals surface area (Å²) in [5.41, 5.74) is 2.23. The molecule has 1 aromatic carbocycles. The second-order valence-corrected chi connectivity index (χ2v) is 9.08. The molecule has 2 heterocycles. The maximum absolute atomic E-state index is 13.1. The number of nitrogens with zero attached hydrogens (tertiary/aromatic N) is 2. The smallest absolute Gasteiger partial charge is 0.224 e. The summed E-state index contributed by atoms with van der Waals surface area (Å²) < 4.78 is 5.30. The fourth-order valence-electron chi connectivity index (χ4n) is 5.10. The number of rotatable bonds is 8. The number of piperidine rings is 1. The molecule has 170 valence electrons. The van der Waals surface area contributed by atoms with Crippen molar-refractivity contribution in [1.82, 2.24) is 15.2 Å². The van der Waals surface area contributed by atoms with E-state index < -0.39 is 0 Å². The highest BCUT2D eigenvalue weighted by molar-refractivity contribution is 5.83. The van der Waals surface area contributed by atoms with Crippen LogP contribution in [0.5, 0.6) is 5.75 Å². The predicted octanol–water partition coefficient (Wildman–Crippen LogP) is 3.50. The minimum Gasteiger partial charge on any atom is -0.497 e. The zero-order valence-corrected chi connectivity index (χ0v) is 18.9. The first kappa shape index (κ1) is 22.3. The van der Waals surface area contributed by atoms with Gasteiger partial charge in [0.05, 0.1) is 13.0 Å². The van der Waals surface area contributed by atoms with Crippen LogP contribution in [-0.4, -0.2) is 48.4 Å². The second kappa shape index (κ2) is 10.2. The van der Waals surface area contributed by atoms with Crippen LogP contribution >= 0.6 is 0 Å². The number of pyridine rings is 1. The third-order valence-electron chi connectivity index (χ3n) is 7.10. The van der Waals surface area contributed by atoms with E-state index in [1.165, 1.54) is 18.4 Å². The molecule has 1 saturated heterocycles. The molecule has 6 heteroatoms. The number of carbonyl (C=O) groups is 2. The van der Waals surface area contributed by atoms with Crippen molar-refractivity contribution < 1.29 is 14.3 Å². The molecule has 0 spiro atoms. The van der Waals surface area contributed by atoms with E-state index in [1.807, 2.05) is 35.2 Å². The van der Waals surface area contributed by atoms with Crippen LogP contribution in [0.3, 0.4) is 0 Å². The van der Waals surface area contributed by atoms with Crippen molar-refractivity contribution >= 4 is 11.8 Å². The molecule has 1 aliphatic carbocycles. The van der Waals surface area contributed by atoms with Gasteiger partial charge < -0.3 is 15.0 Å². The number of nitrogens with one attached hydrogen (secondary N) is 1. The molecule has 4 rings (SSSR count). The van der Waals surface area contributed by atoms with E-state index >= 15 is 0 Å². The molecule has 2 amide bonds. The number of amides is 2. The van der Waals surface area contributed by atoms with Crippen LogP contribution in [0.15, 0.2) is 48.7 Å². The van der Waals surface area contributed by atoms with Crippen LogP contribution in [0.2, 0.25) is 0 Å². The maximum Gasteiger partial charge on any atom is 0.224 e. The Kier molecular flexibility index (Phi) is 7.08. The van der Waals surface area contributed by atoms with Crippen LogP contribution in [0.25, 0.3) is 0 Å². The van der Waals surface area contributed by atoms with Crippen LogP contribution in [0, 0.1) is 5.92 Å². The Morgan fingerprint density at radius 1 is 1.19 bits per heavy atom. The van der Waals surface area contributed by atoms with Gasteiger partial charge in [-0.1, -0.05) is 31.0 Å². The first-order valence-corrected chi connectivity index (χ1v) is 11.7. The molecule has 1 aromatic heterocycles. The van der Waals surface area contributed by atoms with E-state index in [1.54, 1.807) is 13.3 Å². The van der Waals surface area contributed by atoms with Gasteiger partial charge in [-0.2, -0.15) is 0 Å². The molecular formula is C26H33N3O3.